The van der Waals surface area contributed by atoms with E-state index in [-0.39, 0.29) is 0 Å². The summed E-state index contributed by atoms with van der Waals surface area (Å²) in [7, 11) is 5.48. The number of unbranched alkanes of at least 4 members (excludes halogenated alkanes) is 15. The predicted molar refractivity (Wildman–Crippen MR) is 99.3 cm³/mol. The summed E-state index contributed by atoms with van der Waals surface area (Å²) in [6.07, 6.45) is 22.0. The fourth-order valence-electron chi connectivity index (χ4n) is 2.81. The van der Waals surface area contributed by atoms with Crippen LogP contribution in [-0.4, -0.2) is 29.5 Å². The van der Waals surface area contributed by atoms with E-state index in [1.165, 1.54) is 96.3 Å². The molecule has 1 radical (unpaired) electrons. The first-order chi connectivity index (χ1) is 10.8. The minimum absolute atomic E-state index is 0.660. The van der Waals surface area contributed by atoms with Gasteiger partial charge >= 0.3 is 106 Å². The van der Waals surface area contributed by atoms with Crippen molar-refractivity contribution in [1.82, 2.24) is 0 Å². The minimum atomic E-state index is -2.78. The summed E-state index contributed by atoms with van der Waals surface area (Å²) < 4.78 is 14.0. The van der Waals surface area contributed by atoms with Gasteiger partial charge in [0.05, 0.1) is 0 Å². The molecular formula is C18H38ClO2Sn. The van der Waals surface area contributed by atoms with E-state index in [1.807, 2.05) is 0 Å². The van der Waals surface area contributed by atoms with Gasteiger partial charge in [-0.3, -0.25) is 0 Å². The third-order valence-corrected chi connectivity index (χ3v) is 6.21. The van der Waals surface area contributed by atoms with Gasteiger partial charge in [0.1, 0.15) is 0 Å². The summed E-state index contributed by atoms with van der Waals surface area (Å²) in [5.74, 6) is 0. The molecule has 2 nitrogen and oxygen atoms in total. The predicted octanol–water partition coefficient (Wildman–Crippen LogP) is 6.48. The van der Waals surface area contributed by atoms with Crippen LogP contribution in [0.25, 0.3) is 0 Å². The third-order valence-electron chi connectivity index (χ3n) is 4.22. The van der Waals surface area contributed by atoms with Crippen LogP contribution in [-0.2, 0) is 3.07 Å². The third kappa shape index (κ3) is 21.0. The summed E-state index contributed by atoms with van der Waals surface area (Å²) in [5, 5.41) is 0. The molecule has 0 spiro atoms. The van der Waals surface area contributed by atoms with Crippen LogP contribution in [0.4, 0.5) is 0 Å². The fourth-order valence-corrected chi connectivity index (χ4v) is 4.22. The maximum absolute atomic E-state index is 8.92. The molecule has 0 saturated heterocycles. The second kappa shape index (κ2) is 20.1. The molecule has 4 heteroatoms. The summed E-state index contributed by atoms with van der Waals surface area (Å²) in [6, 6.07) is 0. The molecule has 0 amide bonds. The molecule has 0 saturated carbocycles. The molecule has 0 fully saturated rings. The van der Waals surface area contributed by atoms with Gasteiger partial charge in [0.25, 0.3) is 0 Å². The van der Waals surface area contributed by atoms with Crippen LogP contribution in [0.15, 0.2) is 0 Å². The Hall–Kier alpha value is 1.01. The second-order valence-electron chi connectivity index (χ2n) is 6.40. The molecule has 0 aromatic carbocycles. The number of halogens is 1. The summed E-state index contributed by atoms with van der Waals surface area (Å²) in [5.41, 5.74) is 0. The maximum atomic E-state index is 8.92. The Balaban J connectivity index is 2.94. The van der Waals surface area contributed by atoms with Gasteiger partial charge < -0.3 is 0 Å². The molecule has 0 aliphatic rings. The molecule has 1 N–H and O–H groups in total. The quantitative estimate of drug-likeness (QED) is 0.195. The van der Waals surface area contributed by atoms with Gasteiger partial charge in [-0.05, 0) is 0 Å². The summed E-state index contributed by atoms with van der Waals surface area (Å²) >= 11 is -2.78. The van der Waals surface area contributed by atoms with Crippen molar-refractivity contribution in [2.75, 3.05) is 6.61 Å². The number of hydrogen-bond donors (Lipinski definition) is 1. The number of rotatable bonds is 18. The Morgan fingerprint density at radius 1 is 0.636 bits per heavy atom. The normalized spacial score (nSPS) is 11.5. The Kier molecular flexibility index (Phi) is 21.0. The van der Waals surface area contributed by atoms with Crippen molar-refractivity contribution < 1.29 is 6.52 Å². The van der Waals surface area contributed by atoms with Crippen LogP contribution in [0.3, 0.4) is 0 Å². The van der Waals surface area contributed by atoms with E-state index in [9.17, 15) is 0 Å². The zero-order chi connectivity index (χ0) is 16.3. The first-order valence-corrected chi connectivity index (χ1v) is 15.7. The Labute approximate surface area is 150 Å². The second-order valence-corrected chi connectivity index (χ2v) is 10.8. The van der Waals surface area contributed by atoms with Gasteiger partial charge in [-0.25, -0.2) is 0 Å². The Morgan fingerprint density at radius 3 is 1.27 bits per heavy atom. The van der Waals surface area contributed by atoms with E-state index in [4.69, 9.17) is 15.4 Å². The van der Waals surface area contributed by atoms with Gasteiger partial charge in [0.2, 0.25) is 0 Å². The van der Waals surface area contributed by atoms with Gasteiger partial charge in [0, 0.05) is 0 Å². The van der Waals surface area contributed by atoms with Crippen molar-refractivity contribution in [3.63, 3.8) is 0 Å². The molecule has 0 heterocycles. The van der Waals surface area contributed by atoms with Crippen molar-refractivity contribution in [3.05, 3.63) is 0 Å². The molecule has 0 aliphatic heterocycles. The summed E-state index contributed by atoms with van der Waals surface area (Å²) in [6.45, 7) is 2.94. The van der Waals surface area contributed by atoms with E-state index in [1.54, 1.807) is 0 Å². The van der Waals surface area contributed by atoms with E-state index in [2.05, 4.69) is 6.92 Å². The van der Waals surface area contributed by atoms with Crippen LogP contribution in [0.1, 0.15) is 110 Å². The van der Waals surface area contributed by atoms with Crippen LogP contribution < -0.4 is 0 Å². The van der Waals surface area contributed by atoms with Crippen molar-refractivity contribution in [3.8, 4) is 0 Å². The molecular weight excluding hydrogens is 402 g/mol. The van der Waals surface area contributed by atoms with Crippen molar-refractivity contribution in [1.29, 1.82) is 0 Å². The van der Waals surface area contributed by atoms with Crippen molar-refractivity contribution in [2.24, 2.45) is 0 Å². The zero-order valence-corrected chi connectivity index (χ0v) is 18.4. The van der Waals surface area contributed by atoms with Crippen LogP contribution in [0, 0.1) is 0 Å². The Morgan fingerprint density at radius 2 is 0.955 bits per heavy atom. The molecule has 22 heavy (non-hydrogen) atoms. The van der Waals surface area contributed by atoms with Crippen molar-refractivity contribution >= 4 is 28.4 Å². The van der Waals surface area contributed by atoms with Gasteiger partial charge in [0.15, 0.2) is 0 Å². The SMILES string of the molecule is CCCCCCCCCCCCCCCCCC[O][Sn]([OH])[Cl]. The Bertz CT molecular complexity index is 204. The first kappa shape index (κ1) is 23.0. The van der Waals surface area contributed by atoms with E-state index in [0.717, 1.165) is 6.42 Å². The van der Waals surface area contributed by atoms with Crippen LogP contribution in [0.5, 0.6) is 0 Å². The van der Waals surface area contributed by atoms with Crippen LogP contribution >= 0.6 is 8.92 Å². The molecule has 133 valence electrons. The molecule has 0 rings (SSSR count). The van der Waals surface area contributed by atoms with Crippen LogP contribution in [0.2, 0.25) is 0 Å². The van der Waals surface area contributed by atoms with Gasteiger partial charge in [-0.15, -0.1) is 0 Å². The van der Waals surface area contributed by atoms with Crippen molar-refractivity contribution in [2.45, 2.75) is 110 Å². The van der Waals surface area contributed by atoms with Gasteiger partial charge in [-0.2, -0.15) is 0 Å². The van der Waals surface area contributed by atoms with E-state index >= 15 is 0 Å². The summed E-state index contributed by atoms with van der Waals surface area (Å²) in [4.78, 5) is 0. The number of hydrogen-bond acceptors (Lipinski definition) is 2. The molecule has 0 unspecified atom stereocenters. The van der Waals surface area contributed by atoms with Gasteiger partial charge in [-0.1, -0.05) is 45.4 Å². The van der Waals surface area contributed by atoms with E-state index in [0.29, 0.717) is 6.61 Å². The fraction of sp³-hybridized carbons (Fsp3) is 1.00. The molecule has 0 aliphatic carbocycles. The first-order valence-electron chi connectivity index (χ1n) is 9.61. The van der Waals surface area contributed by atoms with E-state index < -0.39 is 19.5 Å². The molecule has 0 bridgehead atoms. The molecule has 0 atom stereocenters. The topological polar surface area (TPSA) is 29.5 Å². The monoisotopic (exact) mass is 441 g/mol. The molecule has 0 aromatic heterocycles. The standard InChI is InChI=1S/C18H37O.ClH.H2O.Sn/c1-2-3-4-5-6-7-8-9-10-11-12-13-14-15-16-17-18-19;;;/h2-18H2,1H3;1H;1H2;/q-1;;;+3/p-2. The zero-order valence-electron chi connectivity index (χ0n) is 14.8. The molecule has 0 aromatic rings. The average molecular weight is 441 g/mol. The average Bonchev–Trinajstić information content (AvgIpc) is 2.50.